The quantitative estimate of drug-likeness (QED) is 0.281. The van der Waals surface area contributed by atoms with E-state index in [1.54, 1.807) is 13.8 Å². The van der Waals surface area contributed by atoms with Crippen LogP contribution in [-0.2, 0) is 38.1 Å². The predicted octanol–water partition coefficient (Wildman–Crippen LogP) is 3.49. The maximum absolute atomic E-state index is 12.6. The molecule has 0 radical (unpaired) electrons. The summed E-state index contributed by atoms with van der Waals surface area (Å²) < 4.78 is 17.5. The second-order valence-electron chi connectivity index (χ2n) is 6.62. The Labute approximate surface area is 189 Å². The van der Waals surface area contributed by atoms with E-state index in [4.69, 9.17) is 9.47 Å². The molecule has 1 atom stereocenters. The van der Waals surface area contributed by atoms with Gasteiger partial charge in [0.15, 0.2) is 0 Å². The molecule has 0 aromatic heterocycles. The van der Waals surface area contributed by atoms with Crippen molar-refractivity contribution in [1.82, 2.24) is 0 Å². The summed E-state index contributed by atoms with van der Waals surface area (Å²) >= 11 is 1.29. The van der Waals surface area contributed by atoms with Crippen LogP contribution < -0.4 is 0 Å². The van der Waals surface area contributed by atoms with Gasteiger partial charge in [-0.3, -0.25) is 19.2 Å². The summed E-state index contributed by atoms with van der Waals surface area (Å²) in [6.07, 6.45) is 0.0829. The van der Waals surface area contributed by atoms with Crippen LogP contribution in [0.5, 0.6) is 0 Å². The Kier molecular flexibility index (Phi) is 13.8. The molecule has 0 unspecified atom stereocenters. The molecule has 0 aliphatic rings. The van der Waals surface area contributed by atoms with E-state index in [1.807, 2.05) is 0 Å². The van der Waals surface area contributed by atoms with Gasteiger partial charge in [-0.25, -0.2) is 9.59 Å². The second kappa shape index (κ2) is 14.8. The van der Waals surface area contributed by atoms with E-state index in [0.29, 0.717) is 23.5 Å². The number of ketones is 2. The molecule has 0 heterocycles. The molecule has 0 amide bonds. The Bertz CT molecular complexity index is 675. The summed E-state index contributed by atoms with van der Waals surface area (Å²) in [6.45, 7) is 6.40. The van der Waals surface area contributed by atoms with E-state index in [0.717, 1.165) is 0 Å². The average Bonchev–Trinajstić information content (AvgIpc) is 2.69. The highest BCUT2D eigenvalue weighted by molar-refractivity contribution is 8.15. The van der Waals surface area contributed by atoms with Gasteiger partial charge in [0.05, 0.1) is 4.75 Å². The van der Waals surface area contributed by atoms with Gasteiger partial charge in [0.1, 0.15) is 11.6 Å². The first kappa shape index (κ1) is 28.9. The first-order chi connectivity index (χ1) is 14.4. The highest BCUT2D eigenvalue weighted by atomic mass is 32.2. The molecule has 0 saturated carbocycles. The number of hydrogen-bond acceptors (Lipinski definition) is 12. The number of carbonyl (C=O) groups is 6. The molecule has 0 saturated heterocycles. The Morgan fingerprint density at radius 2 is 1.29 bits per heavy atom. The van der Waals surface area contributed by atoms with E-state index in [2.05, 4.69) is 9.47 Å². The molecular weight excluding hydrogens is 452 g/mol. The standard InChI is InChI=1S/C19H28O10S2/c1-6-15(22)26-10-28-17(24)30-9-13(12(3)20)8-14(21)19(4,5)31-18(25)29-11-27-16(23)7-2/h13H,6-11H2,1-5H3/t13-/m0/s1. The lowest BCUT2D eigenvalue weighted by molar-refractivity contribution is -0.152. The van der Waals surface area contributed by atoms with E-state index in [1.165, 1.54) is 20.8 Å². The lowest BCUT2D eigenvalue weighted by Gasteiger charge is -2.23. The van der Waals surface area contributed by atoms with Crippen LogP contribution in [0, 0.1) is 5.92 Å². The molecule has 0 spiro atoms. The fourth-order valence-electron chi connectivity index (χ4n) is 1.79. The number of thioether (sulfide) groups is 2. The van der Waals surface area contributed by atoms with Crippen LogP contribution in [0.4, 0.5) is 9.59 Å². The van der Waals surface area contributed by atoms with Crippen molar-refractivity contribution >= 4 is 57.6 Å². The smallest absolute Gasteiger partial charge is 0.371 e. The largest absolute Gasteiger partial charge is 0.428 e. The number of rotatable bonds is 13. The van der Waals surface area contributed by atoms with Gasteiger partial charge >= 0.3 is 22.5 Å². The highest BCUT2D eigenvalue weighted by Crippen LogP contribution is 2.30. The predicted molar refractivity (Wildman–Crippen MR) is 113 cm³/mol. The Morgan fingerprint density at radius 1 is 0.806 bits per heavy atom. The van der Waals surface area contributed by atoms with Crippen molar-refractivity contribution in [2.75, 3.05) is 19.3 Å². The number of esters is 2. The second-order valence-corrected chi connectivity index (χ2v) is 9.14. The van der Waals surface area contributed by atoms with E-state index < -0.39 is 52.6 Å². The normalized spacial score (nSPS) is 11.8. The molecule has 0 aliphatic heterocycles. The summed E-state index contributed by atoms with van der Waals surface area (Å²) in [6, 6.07) is 0. The fraction of sp³-hybridized carbons (Fsp3) is 0.684. The Morgan fingerprint density at radius 3 is 1.74 bits per heavy atom. The molecule has 0 aromatic carbocycles. The third-order valence-corrected chi connectivity index (χ3v) is 5.73. The van der Waals surface area contributed by atoms with Crippen molar-refractivity contribution in [1.29, 1.82) is 0 Å². The monoisotopic (exact) mass is 480 g/mol. The highest BCUT2D eigenvalue weighted by Gasteiger charge is 2.34. The summed E-state index contributed by atoms with van der Waals surface area (Å²) in [7, 11) is 0. The van der Waals surface area contributed by atoms with Gasteiger partial charge in [-0.05, 0) is 44.3 Å². The van der Waals surface area contributed by atoms with Gasteiger partial charge in [0, 0.05) is 30.9 Å². The summed E-state index contributed by atoms with van der Waals surface area (Å²) in [4.78, 5) is 70.1. The minimum atomic E-state index is -1.21. The van der Waals surface area contributed by atoms with Crippen molar-refractivity contribution in [2.45, 2.75) is 58.6 Å². The van der Waals surface area contributed by atoms with Crippen LogP contribution in [0.1, 0.15) is 53.9 Å². The minimum Gasteiger partial charge on any atom is -0.428 e. The number of Topliss-reactive ketones (excluding diaryl/α,β-unsaturated/α-hetero) is 2. The average molecular weight is 481 g/mol. The van der Waals surface area contributed by atoms with Crippen LogP contribution >= 0.6 is 23.5 Å². The first-order valence-corrected chi connectivity index (χ1v) is 11.2. The Balaban J connectivity index is 4.58. The van der Waals surface area contributed by atoms with Crippen molar-refractivity contribution in [3.8, 4) is 0 Å². The lowest BCUT2D eigenvalue weighted by atomic mass is 9.94. The molecule has 0 rings (SSSR count). The zero-order valence-corrected chi connectivity index (χ0v) is 19.9. The summed E-state index contributed by atoms with van der Waals surface area (Å²) in [5.41, 5.74) is 0. The SMILES string of the molecule is CCC(=O)OCOC(=O)SC[C@H](CC(=O)C(C)(C)SC(=O)OCOC(=O)CC)C(C)=O. The topological polar surface area (TPSA) is 139 Å². The summed E-state index contributed by atoms with van der Waals surface area (Å²) in [5, 5.41) is -1.55. The zero-order chi connectivity index (χ0) is 24.0. The minimum absolute atomic E-state index is 0.0141. The molecule has 31 heavy (non-hydrogen) atoms. The molecule has 12 heteroatoms. The molecule has 10 nitrogen and oxygen atoms in total. The van der Waals surface area contributed by atoms with Gasteiger partial charge in [0.25, 0.3) is 0 Å². The maximum Gasteiger partial charge on any atom is 0.371 e. The molecule has 0 bridgehead atoms. The van der Waals surface area contributed by atoms with Crippen molar-refractivity contribution < 1.29 is 47.7 Å². The molecular formula is C19H28O10S2. The summed E-state index contributed by atoms with van der Waals surface area (Å²) in [5.74, 6) is -2.54. The van der Waals surface area contributed by atoms with E-state index in [9.17, 15) is 28.8 Å². The van der Waals surface area contributed by atoms with Crippen LogP contribution in [0.15, 0.2) is 0 Å². The van der Waals surface area contributed by atoms with Gasteiger partial charge < -0.3 is 18.9 Å². The zero-order valence-electron chi connectivity index (χ0n) is 18.2. The molecule has 176 valence electrons. The third-order valence-electron chi connectivity index (χ3n) is 3.79. The fourth-order valence-corrected chi connectivity index (χ4v) is 3.33. The van der Waals surface area contributed by atoms with Crippen LogP contribution in [0.25, 0.3) is 0 Å². The van der Waals surface area contributed by atoms with Gasteiger partial charge in [0.2, 0.25) is 13.6 Å². The first-order valence-electron chi connectivity index (χ1n) is 9.43. The van der Waals surface area contributed by atoms with Crippen LogP contribution in [-0.4, -0.2) is 58.2 Å². The van der Waals surface area contributed by atoms with Crippen molar-refractivity contribution in [2.24, 2.45) is 5.92 Å². The van der Waals surface area contributed by atoms with Crippen molar-refractivity contribution in [3.05, 3.63) is 0 Å². The number of hydrogen-bond donors (Lipinski definition) is 0. The molecule has 0 aromatic rings. The molecule has 0 N–H and O–H groups in total. The van der Waals surface area contributed by atoms with Gasteiger partial charge in [-0.1, -0.05) is 13.8 Å². The number of carbonyl (C=O) groups excluding carboxylic acids is 6. The van der Waals surface area contributed by atoms with Gasteiger partial charge in [-0.15, -0.1) is 0 Å². The molecule has 0 fully saturated rings. The van der Waals surface area contributed by atoms with Crippen molar-refractivity contribution in [3.63, 3.8) is 0 Å². The maximum atomic E-state index is 12.6. The van der Waals surface area contributed by atoms with Gasteiger partial charge in [-0.2, -0.15) is 0 Å². The van der Waals surface area contributed by atoms with E-state index >= 15 is 0 Å². The molecule has 0 aliphatic carbocycles. The third kappa shape index (κ3) is 13.0. The van der Waals surface area contributed by atoms with E-state index in [-0.39, 0.29) is 30.8 Å². The van der Waals surface area contributed by atoms with Crippen LogP contribution in [0.2, 0.25) is 0 Å². The number of ether oxygens (including phenoxy) is 4. The lowest BCUT2D eigenvalue weighted by Crippen LogP contribution is -2.33. The Hall–Kier alpha value is -2.08. The van der Waals surface area contributed by atoms with Crippen LogP contribution in [0.3, 0.4) is 0 Å².